The van der Waals surface area contributed by atoms with Gasteiger partial charge in [-0.05, 0) is 92.4 Å². The molecule has 3 saturated carbocycles. The highest BCUT2D eigenvalue weighted by molar-refractivity contribution is 5.79. The number of hydrogen-bond acceptors (Lipinski definition) is 4. The molecule has 0 aromatic carbocycles. The molecule has 0 aromatic rings. The van der Waals surface area contributed by atoms with Crippen LogP contribution < -0.4 is 0 Å². The quantitative estimate of drug-likeness (QED) is 0.213. The topological polar surface area (TPSA) is 52.6 Å². The van der Waals surface area contributed by atoms with E-state index in [1.165, 1.54) is 56.9 Å². The molecule has 0 saturated heterocycles. The molecule has 4 heteroatoms. The summed E-state index contributed by atoms with van der Waals surface area (Å²) in [6.07, 6.45) is 19.2. The van der Waals surface area contributed by atoms with E-state index in [1.54, 1.807) is 12.5 Å². The van der Waals surface area contributed by atoms with Gasteiger partial charge in [0.15, 0.2) is 6.10 Å². The van der Waals surface area contributed by atoms with Crippen molar-refractivity contribution >= 4 is 11.9 Å². The summed E-state index contributed by atoms with van der Waals surface area (Å²) in [5.41, 5.74) is 4.41. The lowest BCUT2D eigenvalue weighted by atomic mass is 9.60. The minimum Gasteiger partial charge on any atom is -0.459 e. The summed E-state index contributed by atoms with van der Waals surface area (Å²) < 4.78 is 11.4. The lowest BCUT2D eigenvalue weighted by molar-refractivity contribution is -0.172. The van der Waals surface area contributed by atoms with E-state index < -0.39 is 12.1 Å². The Morgan fingerprint density at radius 2 is 1.80 bits per heavy atom. The average Bonchev–Trinajstić information content (AvgIpc) is 3.28. The predicted octanol–water partition coefficient (Wildman–Crippen LogP) is 9.68. The van der Waals surface area contributed by atoms with Crippen molar-refractivity contribution < 1.29 is 19.1 Å². The summed E-state index contributed by atoms with van der Waals surface area (Å²) in [6, 6.07) is 0. The number of allylic oxidation sites excluding steroid dienone is 4. The van der Waals surface area contributed by atoms with Crippen LogP contribution in [0.3, 0.4) is 0 Å². The number of rotatable bonds is 13. The molecule has 0 heterocycles. The van der Waals surface area contributed by atoms with Gasteiger partial charge in [-0.3, -0.25) is 4.79 Å². The second-order valence-corrected chi connectivity index (χ2v) is 13.7. The van der Waals surface area contributed by atoms with Gasteiger partial charge in [0.1, 0.15) is 6.10 Å². The number of esters is 2. The monoisotopic (exact) mass is 554 g/mol. The van der Waals surface area contributed by atoms with Crippen LogP contribution in [-0.2, 0) is 19.1 Å². The van der Waals surface area contributed by atoms with E-state index in [1.807, 2.05) is 0 Å². The van der Waals surface area contributed by atoms with Crippen molar-refractivity contribution in [3.05, 3.63) is 35.5 Å². The molecule has 4 nitrogen and oxygen atoms in total. The summed E-state index contributed by atoms with van der Waals surface area (Å²) in [7, 11) is 0. The van der Waals surface area contributed by atoms with Gasteiger partial charge in [-0.15, -0.1) is 0 Å². The molecule has 3 aliphatic rings. The molecule has 1 unspecified atom stereocenters. The molecule has 3 fully saturated rings. The van der Waals surface area contributed by atoms with Gasteiger partial charge in [0.05, 0.1) is 0 Å². The Morgan fingerprint density at radius 3 is 2.50 bits per heavy atom. The van der Waals surface area contributed by atoms with Crippen LogP contribution in [0.25, 0.3) is 0 Å². The Morgan fingerprint density at radius 1 is 1.02 bits per heavy atom. The van der Waals surface area contributed by atoms with E-state index in [9.17, 15) is 9.59 Å². The van der Waals surface area contributed by atoms with Crippen LogP contribution in [0.1, 0.15) is 138 Å². The first-order valence-electron chi connectivity index (χ1n) is 16.6. The maximum atomic E-state index is 13.0. The fraction of sp³-hybridized carbons (Fsp3) is 0.778. The van der Waals surface area contributed by atoms with Gasteiger partial charge in [-0.2, -0.15) is 0 Å². The highest BCUT2D eigenvalue weighted by atomic mass is 16.6. The Balaban J connectivity index is 1.65. The van der Waals surface area contributed by atoms with Crippen LogP contribution in [0.4, 0.5) is 0 Å². The van der Waals surface area contributed by atoms with Gasteiger partial charge < -0.3 is 9.47 Å². The molecule has 40 heavy (non-hydrogen) atoms. The molecule has 3 rings (SSSR count). The Labute approximate surface area is 245 Å². The third-order valence-corrected chi connectivity index (χ3v) is 10.3. The van der Waals surface area contributed by atoms with Crippen molar-refractivity contribution in [1.29, 1.82) is 0 Å². The summed E-state index contributed by atoms with van der Waals surface area (Å²) in [6.45, 7) is 17.9. The van der Waals surface area contributed by atoms with Gasteiger partial charge >= 0.3 is 11.9 Å². The molecular formula is C36H58O4. The molecule has 226 valence electrons. The smallest absolute Gasteiger partial charge is 0.347 e. The number of unbranched alkanes of at least 4 members (excludes halogenated alkanes) is 1. The zero-order chi connectivity index (χ0) is 29.3. The first-order chi connectivity index (χ1) is 19.1. The van der Waals surface area contributed by atoms with Gasteiger partial charge in [0.2, 0.25) is 0 Å². The molecule has 0 N–H and O–H groups in total. The minimum absolute atomic E-state index is 0.189. The number of ether oxygens (including phenoxy) is 2. The second-order valence-electron chi connectivity index (χ2n) is 13.7. The van der Waals surface area contributed by atoms with Crippen LogP contribution in [0.5, 0.6) is 0 Å². The maximum Gasteiger partial charge on any atom is 0.347 e. The molecule has 0 radical (unpaired) electrons. The van der Waals surface area contributed by atoms with Crippen molar-refractivity contribution in [2.24, 2.45) is 29.1 Å². The molecule has 3 aliphatic carbocycles. The van der Waals surface area contributed by atoms with Crippen molar-refractivity contribution in [3.63, 3.8) is 0 Å². The van der Waals surface area contributed by atoms with Gasteiger partial charge in [0, 0.05) is 12.8 Å². The maximum absolute atomic E-state index is 13.0. The van der Waals surface area contributed by atoms with Crippen molar-refractivity contribution in [3.8, 4) is 0 Å². The van der Waals surface area contributed by atoms with Gasteiger partial charge in [-0.25, -0.2) is 4.79 Å². The van der Waals surface area contributed by atoms with Crippen molar-refractivity contribution in [2.75, 3.05) is 0 Å². The normalized spacial score (nSPS) is 30.4. The van der Waals surface area contributed by atoms with Crippen LogP contribution >= 0.6 is 0 Å². The SMILES string of the molecule is C=C1CC[C@H](OC(=O)C(CCCC)OC(=O)CC)C/C1=C/C=C1\CCC[C@]2(C)[C@@H]([C@H](C)CCCC(C)C)CC[C@@H]12. The van der Waals surface area contributed by atoms with E-state index in [0.29, 0.717) is 24.2 Å². The Kier molecular flexibility index (Phi) is 12.6. The predicted molar refractivity (Wildman–Crippen MR) is 165 cm³/mol. The summed E-state index contributed by atoms with van der Waals surface area (Å²) in [5.74, 6) is 2.38. The lowest BCUT2D eigenvalue weighted by Gasteiger charge is -2.44. The van der Waals surface area contributed by atoms with Gasteiger partial charge in [0.25, 0.3) is 0 Å². The number of hydrogen-bond donors (Lipinski definition) is 0. The first-order valence-corrected chi connectivity index (χ1v) is 16.6. The van der Waals surface area contributed by atoms with Crippen molar-refractivity contribution in [2.45, 2.75) is 150 Å². The fourth-order valence-corrected chi connectivity index (χ4v) is 7.84. The van der Waals surface area contributed by atoms with E-state index in [4.69, 9.17) is 9.47 Å². The van der Waals surface area contributed by atoms with Crippen molar-refractivity contribution in [1.82, 2.24) is 0 Å². The van der Waals surface area contributed by atoms with E-state index in [0.717, 1.165) is 49.0 Å². The Bertz CT molecular complexity index is 927. The number of carbonyl (C=O) groups excluding carboxylic acids is 2. The average molecular weight is 555 g/mol. The van der Waals surface area contributed by atoms with Crippen LogP contribution in [0.15, 0.2) is 35.5 Å². The van der Waals surface area contributed by atoms with Crippen LogP contribution in [0.2, 0.25) is 0 Å². The molecule has 0 amide bonds. The Hall–Kier alpha value is -1.84. The van der Waals surface area contributed by atoms with E-state index in [2.05, 4.69) is 53.3 Å². The highest BCUT2D eigenvalue weighted by Gasteiger charge is 2.50. The zero-order valence-corrected chi connectivity index (χ0v) is 26.6. The first kappa shape index (κ1) is 32.7. The molecule has 6 atom stereocenters. The second kappa shape index (κ2) is 15.4. The number of fused-ring (bicyclic) bond motifs is 1. The molecule has 0 aromatic heterocycles. The molecule has 0 bridgehead atoms. The van der Waals surface area contributed by atoms with Gasteiger partial charge in [-0.1, -0.05) is 97.1 Å². The zero-order valence-electron chi connectivity index (χ0n) is 26.6. The van der Waals surface area contributed by atoms with E-state index >= 15 is 0 Å². The summed E-state index contributed by atoms with van der Waals surface area (Å²) in [5, 5.41) is 0. The molecule has 0 aliphatic heterocycles. The largest absolute Gasteiger partial charge is 0.459 e. The van der Waals surface area contributed by atoms with Crippen LogP contribution in [-0.4, -0.2) is 24.1 Å². The lowest BCUT2D eigenvalue weighted by Crippen LogP contribution is -2.36. The third-order valence-electron chi connectivity index (χ3n) is 10.3. The summed E-state index contributed by atoms with van der Waals surface area (Å²) >= 11 is 0. The fourth-order valence-electron chi connectivity index (χ4n) is 7.84. The molecular weight excluding hydrogens is 496 g/mol. The minimum atomic E-state index is -0.796. The standard InChI is InChI=1S/C36H58O4/c1-8-10-16-33(40-34(37)9-2)35(38)39-30-20-17-26(5)29(24-30)19-18-28-15-12-23-36(7)31(21-22-32(28)36)27(6)14-11-13-25(3)4/h18-19,25,27,30-33H,5,8-17,20-24H2,1-4,6-7H3/b28-18+,29-19-/t27-,30+,31-,32+,33?,36-/m1/s1. The number of carbonyl (C=O) groups is 2. The molecule has 0 spiro atoms. The van der Waals surface area contributed by atoms with Crippen LogP contribution in [0, 0.1) is 29.1 Å². The van der Waals surface area contributed by atoms with E-state index in [-0.39, 0.29) is 18.5 Å². The third kappa shape index (κ3) is 8.58. The highest BCUT2D eigenvalue weighted by Crippen LogP contribution is 2.60. The summed E-state index contributed by atoms with van der Waals surface area (Å²) in [4.78, 5) is 24.8.